The first-order valence-electron chi connectivity index (χ1n) is 7.80. The summed E-state index contributed by atoms with van der Waals surface area (Å²) in [6, 6.07) is 8.77. The van der Waals surface area contributed by atoms with E-state index in [1.54, 1.807) is 18.2 Å². The molecule has 2 aromatic rings. The monoisotopic (exact) mass is 342 g/mol. The highest BCUT2D eigenvalue weighted by Gasteiger charge is 2.14. The average molecular weight is 342 g/mol. The van der Waals surface area contributed by atoms with Crippen molar-refractivity contribution in [3.63, 3.8) is 0 Å². The van der Waals surface area contributed by atoms with E-state index in [4.69, 9.17) is 15.2 Å². The van der Waals surface area contributed by atoms with E-state index in [-0.39, 0.29) is 12.5 Å². The van der Waals surface area contributed by atoms with Gasteiger partial charge in [-0.15, -0.1) is 0 Å². The van der Waals surface area contributed by atoms with Gasteiger partial charge in [0.2, 0.25) is 0 Å². The molecule has 2 aromatic carbocycles. The Morgan fingerprint density at radius 3 is 2.24 bits per heavy atom. The summed E-state index contributed by atoms with van der Waals surface area (Å²) < 4.78 is 10.5. The van der Waals surface area contributed by atoms with E-state index >= 15 is 0 Å². The van der Waals surface area contributed by atoms with Crippen LogP contribution < -0.4 is 20.5 Å². The lowest BCUT2D eigenvalue weighted by Crippen LogP contribution is -2.20. The van der Waals surface area contributed by atoms with Crippen LogP contribution in [0.5, 0.6) is 11.5 Å². The van der Waals surface area contributed by atoms with Crippen LogP contribution in [0.2, 0.25) is 0 Å². The summed E-state index contributed by atoms with van der Waals surface area (Å²) in [6.45, 7) is 5.67. The molecule has 2 rings (SSSR count). The van der Waals surface area contributed by atoms with Crippen LogP contribution in [-0.2, 0) is 4.79 Å². The van der Waals surface area contributed by atoms with Crippen molar-refractivity contribution >= 4 is 17.5 Å². The fraction of sp³-hybridized carbons (Fsp3) is 0.263. The molecular weight excluding hydrogens is 320 g/mol. The normalized spacial score (nSPS) is 10.2. The third-order valence-electron chi connectivity index (χ3n) is 3.71. The number of methoxy groups -OCH3 is 1. The molecule has 0 aliphatic rings. The van der Waals surface area contributed by atoms with E-state index in [2.05, 4.69) is 5.32 Å². The molecule has 3 N–H and O–H groups in total. The first-order chi connectivity index (χ1) is 11.8. The van der Waals surface area contributed by atoms with Crippen molar-refractivity contribution in [2.75, 3.05) is 19.0 Å². The minimum Gasteiger partial charge on any atom is -0.493 e. The molecule has 0 saturated heterocycles. The standard InChI is InChI=1S/C19H22N2O4/c1-11-7-12(2)18(13(3)8-11)21-19(23)14-5-6-15(16(9-14)24-4)25-10-17(20)22/h5-9H,10H2,1-4H3,(H2,20,22)(H,21,23). The Hall–Kier alpha value is -3.02. The van der Waals surface area contributed by atoms with Crippen molar-refractivity contribution < 1.29 is 19.1 Å². The summed E-state index contributed by atoms with van der Waals surface area (Å²) >= 11 is 0. The van der Waals surface area contributed by atoms with Gasteiger partial charge in [-0.05, 0) is 50.1 Å². The van der Waals surface area contributed by atoms with Gasteiger partial charge in [-0.1, -0.05) is 17.7 Å². The summed E-state index contributed by atoms with van der Waals surface area (Å²) in [4.78, 5) is 23.4. The van der Waals surface area contributed by atoms with Gasteiger partial charge < -0.3 is 20.5 Å². The van der Waals surface area contributed by atoms with E-state index in [1.165, 1.54) is 7.11 Å². The summed E-state index contributed by atoms with van der Waals surface area (Å²) in [6.07, 6.45) is 0. The van der Waals surface area contributed by atoms with Crippen molar-refractivity contribution in [3.8, 4) is 11.5 Å². The van der Waals surface area contributed by atoms with Crippen molar-refractivity contribution in [1.82, 2.24) is 0 Å². The Labute approximate surface area is 146 Å². The summed E-state index contributed by atoms with van der Waals surface area (Å²) in [5.41, 5.74) is 9.42. The number of aryl methyl sites for hydroxylation is 3. The summed E-state index contributed by atoms with van der Waals surface area (Å²) in [7, 11) is 1.46. The molecule has 6 heteroatoms. The second kappa shape index (κ2) is 7.70. The lowest BCUT2D eigenvalue weighted by Gasteiger charge is -2.14. The van der Waals surface area contributed by atoms with Crippen LogP contribution in [0.15, 0.2) is 30.3 Å². The van der Waals surface area contributed by atoms with Crippen LogP contribution in [0.25, 0.3) is 0 Å². The average Bonchev–Trinajstić information content (AvgIpc) is 2.55. The van der Waals surface area contributed by atoms with Crippen molar-refractivity contribution in [2.45, 2.75) is 20.8 Å². The Bertz CT molecular complexity index is 792. The van der Waals surface area contributed by atoms with Gasteiger partial charge in [-0.25, -0.2) is 0 Å². The number of carbonyl (C=O) groups is 2. The molecule has 0 atom stereocenters. The van der Waals surface area contributed by atoms with Gasteiger partial charge in [-0.3, -0.25) is 9.59 Å². The predicted molar refractivity (Wildman–Crippen MR) is 96.3 cm³/mol. The number of hydrogen-bond donors (Lipinski definition) is 2. The number of benzene rings is 2. The van der Waals surface area contributed by atoms with Crippen LogP contribution >= 0.6 is 0 Å². The first kappa shape index (κ1) is 18.3. The zero-order valence-corrected chi connectivity index (χ0v) is 14.8. The third kappa shape index (κ3) is 4.50. The summed E-state index contributed by atoms with van der Waals surface area (Å²) in [5, 5.41) is 2.93. The van der Waals surface area contributed by atoms with Gasteiger partial charge in [0.15, 0.2) is 18.1 Å². The lowest BCUT2D eigenvalue weighted by molar-refractivity contribution is -0.119. The molecule has 0 spiro atoms. The first-order valence-corrected chi connectivity index (χ1v) is 7.80. The number of nitrogens with two attached hydrogens (primary N) is 1. The molecule has 0 aliphatic heterocycles. The SMILES string of the molecule is COc1cc(C(=O)Nc2c(C)cc(C)cc2C)ccc1OCC(N)=O. The topological polar surface area (TPSA) is 90.7 Å². The molecule has 0 heterocycles. The fourth-order valence-electron chi connectivity index (χ4n) is 2.64. The zero-order chi connectivity index (χ0) is 18.6. The maximum Gasteiger partial charge on any atom is 0.255 e. The molecule has 2 amide bonds. The molecule has 0 aliphatic carbocycles. The van der Waals surface area contributed by atoms with E-state index in [0.717, 1.165) is 22.4 Å². The van der Waals surface area contributed by atoms with Gasteiger partial charge in [0.05, 0.1) is 7.11 Å². The predicted octanol–water partition coefficient (Wildman–Crippen LogP) is 2.74. The maximum absolute atomic E-state index is 12.6. The zero-order valence-electron chi connectivity index (χ0n) is 14.8. The van der Waals surface area contributed by atoms with Crippen molar-refractivity contribution in [1.29, 1.82) is 0 Å². The Morgan fingerprint density at radius 1 is 1.04 bits per heavy atom. The number of primary amides is 1. The molecule has 0 bridgehead atoms. The quantitative estimate of drug-likeness (QED) is 0.844. The molecule has 132 valence electrons. The van der Waals surface area contributed by atoms with Crippen molar-refractivity contribution in [3.05, 3.63) is 52.6 Å². The number of anilines is 1. The largest absolute Gasteiger partial charge is 0.493 e. The number of nitrogens with one attached hydrogen (secondary N) is 1. The minimum atomic E-state index is -0.589. The van der Waals surface area contributed by atoms with Gasteiger partial charge in [0.1, 0.15) is 0 Å². The maximum atomic E-state index is 12.6. The van der Waals surface area contributed by atoms with Gasteiger partial charge in [-0.2, -0.15) is 0 Å². The third-order valence-corrected chi connectivity index (χ3v) is 3.71. The number of amides is 2. The molecule has 0 saturated carbocycles. The number of carbonyl (C=O) groups excluding carboxylic acids is 2. The highest BCUT2D eigenvalue weighted by molar-refractivity contribution is 6.05. The molecule has 0 unspecified atom stereocenters. The van der Waals surface area contributed by atoms with E-state index < -0.39 is 5.91 Å². The second-order valence-electron chi connectivity index (χ2n) is 5.85. The van der Waals surface area contributed by atoms with Gasteiger partial charge >= 0.3 is 0 Å². The van der Waals surface area contributed by atoms with Crippen molar-refractivity contribution in [2.24, 2.45) is 5.73 Å². The lowest BCUT2D eigenvalue weighted by atomic mass is 10.0. The molecule has 0 radical (unpaired) electrons. The van der Waals surface area contributed by atoms with Crippen LogP contribution in [0.4, 0.5) is 5.69 Å². The summed E-state index contributed by atoms with van der Waals surface area (Å²) in [5.74, 6) is -0.143. The smallest absolute Gasteiger partial charge is 0.255 e. The van der Waals surface area contributed by atoms with Crippen LogP contribution in [0.3, 0.4) is 0 Å². The number of ether oxygens (including phenoxy) is 2. The highest BCUT2D eigenvalue weighted by Crippen LogP contribution is 2.29. The second-order valence-corrected chi connectivity index (χ2v) is 5.85. The van der Waals surface area contributed by atoms with Crippen LogP contribution in [-0.4, -0.2) is 25.5 Å². The minimum absolute atomic E-state index is 0.255. The molecule has 0 aromatic heterocycles. The molecule has 6 nitrogen and oxygen atoms in total. The van der Waals surface area contributed by atoms with Gasteiger partial charge in [0, 0.05) is 11.3 Å². The fourth-order valence-corrected chi connectivity index (χ4v) is 2.64. The molecule has 25 heavy (non-hydrogen) atoms. The van der Waals surface area contributed by atoms with Gasteiger partial charge in [0.25, 0.3) is 11.8 Å². The number of hydrogen-bond acceptors (Lipinski definition) is 4. The van der Waals surface area contributed by atoms with E-state index in [9.17, 15) is 9.59 Å². The van der Waals surface area contributed by atoms with E-state index in [1.807, 2.05) is 32.9 Å². The Kier molecular flexibility index (Phi) is 5.64. The number of rotatable bonds is 6. The molecule has 0 fully saturated rings. The van der Waals surface area contributed by atoms with E-state index in [0.29, 0.717) is 17.1 Å². The Morgan fingerprint density at radius 2 is 1.68 bits per heavy atom. The van der Waals surface area contributed by atoms with Crippen LogP contribution in [0, 0.1) is 20.8 Å². The molecular formula is C19H22N2O4. The van der Waals surface area contributed by atoms with Crippen LogP contribution in [0.1, 0.15) is 27.0 Å². The highest BCUT2D eigenvalue weighted by atomic mass is 16.5. The Balaban J connectivity index is 2.24.